The number of nitrogens with zero attached hydrogens (tertiary/aromatic N) is 4. The van der Waals surface area contributed by atoms with E-state index in [-0.39, 0.29) is 0 Å². The lowest BCUT2D eigenvalue weighted by atomic mass is 10.1. The van der Waals surface area contributed by atoms with Crippen LogP contribution in [0.3, 0.4) is 0 Å². The first-order valence-corrected chi connectivity index (χ1v) is 9.97. The molecule has 2 aromatic heterocycles. The minimum Gasteiger partial charge on any atom is -0.356 e. The van der Waals surface area contributed by atoms with Crippen LogP contribution < -0.4 is 10.2 Å². The van der Waals surface area contributed by atoms with E-state index in [1.807, 2.05) is 16.6 Å². The van der Waals surface area contributed by atoms with E-state index in [2.05, 4.69) is 56.0 Å². The lowest BCUT2D eigenvalue weighted by molar-refractivity contribution is 0.712. The highest BCUT2D eigenvalue weighted by Crippen LogP contribution is 2.32. The van der Waals surface area contributed by atoms with E-state index in [1.54, 1.807) is 6.20 Å². The van der Waals surface area contributed by atoms with E-state index >= 15 is 0 Å². The molecule has 5 nitrogen and oxygen atoms in total. The molecule has 1 aromatic carbocycles. The number of rotatable bonds is 7. The topological polar surface area (TPSA) is 45.5 Å². The molecule has 0 saturated heterocycles. The van der Waals surface area contributed by atoms with Crippen molar-refractivity contribution in [1.29, 1.82) is 0 Å². The van der Waals surface area contributed by atoms with Gasteiger partial charge in [-0.1, -0.05) is 25.4 Å². The Morgan fingerprint density at radius 1 is 1.07 bits per heavy atom. The Kier molecular flexibility index (Phi) is 5.90. The molecule has 27 heavy (non-hydrogen) atoms. The molecule has 0 amide bonds. The highest BCUT2D eigenvalue weighted by molar-refractivity contribution is 6.33. The van der Waals surface area contributed by atoms with Crippen LogP contribution in [-0.4, -0.2) is 27.7 Å². The van der Waals surface area contributed by atoms with Gasteiger partial charge in [0, 0.05) is 24.7 Å². The minimum atomic E-state index is 0.702. The van der Waals surface area contributed by atoms with Crippen LogP contribution in [0.25, 0.3) is 5.65 Å². The third-order valence-corrected chi connectivity index (χ3v) is 5.18. The molecular weight excluding hydrogens is 358 g/mol. The molecule has 0 radical (unpaired) electrons. The van der Waals surface area contributed by atoms with Gasteiger partial charge in [-0.2, -0.15) is 9.61 Å². The summed E-state index contributed by atoms with van der Waals surface area (Å²) in [6.07, 6.45) is 3.96. The Morgan fingerprint density at radius 2 is 1.74 bits per heavy atom. The molecule has 3 rings (SSSR count). The number of halogens is 1. The highest BCUT2D eigenvalue weighted by atomic mass is 35.5. The van der Waals surface area contributed by atoms with Crippen LogP contribution in [0.1, 0.15) is 43.4 Å². The molecule has 0 bridgehead atoms. The zero-order valence-corrected chi connectivity index (χ0v) is 17.6. The van der Waals surface area contributed by atoms with E-state index in [0.717, 1.165) is 54.5 Å². The van der Waals surface area contributed by atoms with Gasteiger partial charge in [0.05, 0.1) is 16.9 Å². The summed E-state index contributed by atoms with van der Waals surface area (Å²) >= 11 is 6.48. The van der Waals surface area contributed by atoms with Crippen molar-refractivity contribution >= 4 is 34.6 Å². The van der Waals surface area contributed by atoms with E-state index in [0.29, 0.717) is 5.02 Å². The average molecular weight is 386 g/mol. The van der Waals surface area contributed by atoms with Crippen LogP contribution in [-0.2, 0) is 0 Å². The maximum Gasteiger partial charge on any atom is 0.159 e. The summed E-state index contributed by atoms with van der Waals surface area (Å²) < 4.78 is 1.94. The van der Waals surface area contributed by atoms with E-state index in [9.17, 15) is 0 Å². The third-order valence-electron chi connectivity index (χ3n) is 4.86. The van der Waals surface area contributed by atoms with Gasteiger partial charge in [-0.15, -0.1) is 0 Å². The van der Waals surface area contributed by atoms with Gasteiger partial charge in [-0.25, -0.2) is 4.98 Å². The fraction of sp³-hybridized carbons (Fsp3) is 0.429. The van der Waals surface area contributed by atoms with Crippen LogP contribution in [0.4, 0.5) is 17.3 Å². The zero-order valence-electron chi connectivity index (χ0n) is 16.8. The largest absolute Gasteiger partial charge is 0.356 e. The maximum absolute atomic E-state index is 6.48. The van der Waals surface area contributed by atoms with Crippen LogP contribution in [0.2, 0.25) is 5.02 Å². The second-order valence-corrected chi connectivity index (χ2v) is 7.45. The number of fused-ring (bicyclic) bond motifs is 1. The molecule has 0 saturated carbocycles. The summed E-state index contributed by atoms with van der Waals surface area (Å²) in [5, 5.41) is 8.68. The molecule has 6 heteroatoms. The summed E-state index contributed by atoms with van der Waals surface area (Å²) in [6.45, 7) is 12.6. The summed E-state index contributed by atoms with van der Waals surface area (Å²) in [5.74, 6) is 1.91. The van der Waals surface area contributed by atoms with Gasteiger partial charge >= 0.3 is 0 Å². The fourth-order valence-corrected chi connectivity index (χ4v) is 3.63. The quantitative estimate of drug-likeness (QED) is 0.568. The standard InChI is InChI=1S/C21H28ClN5/c1-6-10-26(11-7-2)21-16(5)20(25-19-8-9-23-27(19)21)24-18-13-15(4)14(3)12-17(18)22/h8-9,12-13H,6-7,10-11H2,1-5H3,(H,24,25). The smallest absolute Gasteiger partial charge is 0.159 e. The van der Waals surface area contributed by atoms with Crippen molar-refractivity contribution in [2.24, 2.45) is 0 Å². The van der Waals surface area contributed by atoms with Crippen molar-refractivity contribution in [2.45, 2.75) is 47.5 Å². The van der Waals surface area contributed by atoms with Gasteiger partial charge in [0.15, 0.2) is 5.65 Å². The first-order valence-electron chi connectivity index (χ1n) is 9.59. The van der Waals surface area contributed by atoms with Gasteiger partial charge in [0.2, 0.25) is 0 Å². The van der Waals surface area contributed by atoms with Crippen molar-refractivity contribution < 1.29 is 0 Å². The summed E-state index contributed by atoms with van der Waals surface area (Å²) in [4.78, 5) is 7.18. The van der Waals surface area contributed by atoms with Gasteiger partial charge in [0.25, 0.3) is 0 Å². The van der Waals surface area contributed by atoms with Crippen LogP contribution >= 0.6 is 11.6 Å². The lowest BCUT2D eigenvalue weighted by Gasteiger charge is -2.27. The molecule has 0 atom stereocenters. The number of anilines is 3. The Labute approximate surface area is 166 Å². The molecule has 0 aliphatic heterocycles. The first-order chi connectivity index (χ1) is 13.0. The van der Waals surface area contributed by atoms with Crippen LogP contribution in [0, 0.1) is 20.8 Å². The number of hydrogen-bond acceptors (Lipinski definition) is 4. The SMILES string of the molecule is CCCN(CCC)c1c(C)c(Nc2cc(C)c(C)cc2Cl)nc2ccnn12. The van der Waals surface area contributed by atoms with Gasteiger partial charge in [0.1, 0.15) is 11.6 Å². The Morgan fingerprint density at radius 3 is 2.41 bits per heavy atom. The van der Waals surface area contributed by atoms with Crippen LogP contribution in [0.5, 0.6) is 0 Å². The van der Waals surface area contributed by atoms with Gasteiger partial charge in [-0.05, 0) is 56.9 Å². The van der Waals surface area contributed by atoms with E-state index in [1.165, 1.54) is 11.1 Å². The molecule has 0 spiro atoms. The first kappa shape index (κ1) is 19.5. The second kappa shape index (κ2) is 8.17. The maximum atomic E-state index is 6.48. The average Bonchev–Trinajstić information content (AvgIpc) is 3.08. The minimum absolute atomic E-state index is 0.702. The molecule has 0 aliphatic rings. The molecular formula is C21H28ClN5. The normalized spacial score (nSPS) is 11.2. The second-order valence-electron chi connectivity index (χ2n) is 7.04. The predicted molar refractivity (Wildman–Crippen MR) is 115 cm³/mol. The molecule has 144 valence electrons. The Hall–Kier alpha value is -2.27. The van der Waals surface area contributed by atoms with E-state index < -0.39 is 0 Å². The molecule has 3 aromatic rings. The van der Waals surface area contributed by atoms with Crippen molar-refractivity contribution in [1.82, 2.24) is 14.6 Å². The third kappa shape index (κ3) is 3.88. The summed E-state index contributed by atoms with van der Waals surface area (Å²) in [6, 6.07) is 6.01. The molecule has 1 N–H and O–H groups in total. The number of benzene rings is 1. The van der Waals surface area contributed by atoms with E-state index in [4.69, 9.17) is 16.6 Å². The predicted octanol–water partition coefficient (Wildman–Crippen LogP) is 5.68. The lowest BCUT2D eigenvalue weighted by Crippen LogP contribution is -2.28. The number of hydrogen-bond donors (Lipinski definition) is 1. The zero-order chi connectivity index (χ0) is 19.6. The molecule has 0 fully saturated rings. The van der Waals surface area contributed by atoms with Gasteiger partial charge < -0.3 is 10.2 Å². The number of aryl methyl sites for hydroxylation is 2. The van der Waals surface area contributed by atoms with Crippen molar-refractivity contribution in [3.63, 3.8) is 0 Å². The summed E-state index contributed by atoms with van der Waals surface area (Å²) in [5.41, 5.74) is 5.16. The molecule has 2 heterocycles. The molecule has 0 unspecified atom stereocenters. The Bertz CT molecular complexity index is 941. The summed E-state index contributed by atoms with van der Waals surface area (Å²) in [7, 11) is 0. The van der Waals surface area contributed by atoms with Crippen molar-refractivity contribution in [2.75, 3.05) is 23.3 Å². The Balaban J connectivity index is 2.12. The van der Waals surface area contributed by atoms with Crippen LogP contribution in [0.15, 0.2) is 24.4 Å². The van der Waals surface area contributed by atoms with Crippen molar-refractivity contribution in [3.05, 3.63) is 46.1 Å². The van der Waals surface area contributed by atoms with Crippen molar-refractivity contribution in [3.8, 4) is 0 Å². The fourth-order valence-electron chi connectivity index (χ4n) is 3.37. The van der Waals surface area contributed by atoms with Gasteiger partial charge in [-0.3, -0.25) is 0 Å². The monoisotopic (exact) mass is 385 g/mol. The molecule has 0 aliphatic carbocycles. The highest BCUT2D eigenvalue weighted by Gasteiger charge is 2.18. The number of aromatic nitrogens is 3. The number of nitrogens with one attached hydrogen (secondary N) is 1.